The van der Waals surface area contributed by atoms with Crippen LogP contribution in [0.15, 0.2) is 0 Å². The predicted molar refractivity (Wildman–Crippen MR) is 83.7 cm³/mol. The summed E-state index contributed by atoms with van der Waals surface area (Å²) in [4.78, 5) is 0. The third-order valence-electron chi connectivity index (χ3n) is 3.48. The topological polar surface area (TPSA) is 102 Å². The van der Waals surface area contributed by atoms with Crippen molar-refractivity contribution in [1.82, 2.24) is 0 Å². The first kappa shape index (κ1) is 18.9. The quantitative estimate of drug-likeness (QED) is 0.626. The van der Waals surface area contributed by atoms with E-state index in [9.17, 15) is 25.3 Å². The average molecular weight is 361 g/mol. The van der Waals surface area contributed by atoms with Gasteiger partial charge in [-0.05, 0) is 38.5 Å². The molecule has 3 aliphatic heterocycles. The van der Waals surface area contributed by atoms with Crippen molar-refractivity contribution in [2.75, 3.05) is 34.5 Å². The fraction of sp³-hybridized carbons (Fsp3) is 1.00. The number of hydrogen-bond donors (Lipinski definition) is 0. The average Bonchev–Trinajstić information content (AvgIpc) is 3.03. The molecule has 0 N–H and O–H groups in total. The molecule has 3 heterocycles. The molecule has 3 saturated heterocycles. The van der Waals surface area contributed by atoms with Crippen molar-refractivity contribution in [2.45, 2.75) is 38.5 Å². The Kier molecular flexibility index (Phi) is 7.12. The largest absolute Gasteiger partial charge is 0.229 e. The fourth-order valence-corrected chi connectivity index (χ4v) is 6.71. The molecule has 0 bridgehead atoms. The second-order valence-corrected chi connectivity index (χ2v) is 12.5. The summed E-state index contributed by atoms with van der Waals surface area (Å²) < 4.78 is 62.6. The molecule has 0 atom stereocenters. The summed E-state index contributed by atoms with van der Waals surface area (Å²) in [6.07, 6.45) is 5.26. The lowest BCUT2D eigenvalue weighted by atomic mass is 10.4. The van der Waals surface area contributed by atoms with E-state index in [4.69, 9.17) is 0 Å². The van der Waals surface area contributed by atoms with Crippen molar-refractivity contribution < 1.29 is 25.3 Å². The molecular formula is C12H24O6S3. The van der Waals surface area contributed by atoms with Gasteiger partial charge in [0.25, 0.3) is 0 Å². The number of hydrogen-bond acceptors (Lipinski definition) is 6. The summed E-state index contributed by atoms with van der Waals surface area (Å²) in [7, 11) is -7.64. The summed E-state index contributed by atoms with van der Waals surface area (Å²) in [5.41, 5.74) is 0. The Morgan fingerprint density at radius 2 is 0.476 bits per heavy atom. The molecule has 126 valence electrons. The molecule has 21 heavy (non-hydrogen) atoms. The second-order valence-electron chi connectivity index (χ2n) is 5.58. The van der Waals surface area contributed by atoms with Crippen molar-refractivity contribution in [3.05, 3.63) is 0 Å². The molecule has 0 aromatic rings. The highest BCUT2D eigenvalue weighted by Gasteiger charge is 2.17. The van der Waals surface area contributed by atoms with Crippen molar-refractivity contribution in [3.8, 4) is 0 Å². The van der Waals surface area contributed by atoms with Crippen LogP contribution < -0.4 is 0 Å². The predicted octanol–water partition coefficient (Wildman–Crippen LogP) is 0.585. The van der Waals surface area contributed by atoms with Gasteiger partial charge < -0.3 is 0 Å². The molecule has 3 rings (SSSR count). The van der Waals surface area contributed by atoms with Gasteiger partial charge in [-0.1, -0.05) is 0 Å². The van der Waals surface area contributed by atoms with Gasteiger partial charge in [0.1, 0.15) is 29.5 Å². The molecule has 3 fully saturated rings. The van der Waals surface area contributed by atoms with Crippen LogP contribution in [0.3, 0.4) is 0 Å². The van der Waals surface area contributed by atoms with Crippen LogP contribution in [0.4, 0.5) is 0 Å². The van der Waals surface area contributed by atoms with Crippen molar-refractivity contribution >= 4 is 29.5 Å². The number of rotatable bonds is 0. The van der Waals surface area contributed by atoms with Gasteiger partial charge in [0.15, 0.2) is 0 Å². The van der Waals surface area contributed by atoms with E-state index in [-0.39, 0.29) is 0 Å². The molecule has 0 aromatic heterocycles. The van der Waals surface area contributed by atoms with E-state index in [0.717, 1.165) is 38.5 Å². The summed E-state index contributed by atoms with van der Waals surface area (Å²) in [5.74, 6) is 2.54. The molecule has 6 nitrogen and oxygen atoms in total. The van der Waals surface area contributed by atoms with E-state index in [0.29, 0.717) is 34.5 Å². The standard InChI is InChI=1S/3C4H8O2S/c3*5-7(6)3-1-2-4-7/h3*1-4H2. The first-order valence-corrected chi connectivity index (χ1v) is 12.7. The zero-order valence-electron chi connectivity index (χ0n) is 12.2. The van der Waals surface area contributed by atoms with Crippen molar-refractivity contribution in [3.63, 3.8) is 0 Å². The lowest BCUT2D eigenvalue weighted by Crippen LogP contribution is -1.98. The fourth-order valence-electron chi connectivity index (χ4n) is 2.24. The van der Waals surface area contributed by atoms with E-state index in [2.05, 4.69) is 0 Å². The third kappa shape index (κ3) is 8.77. The minimum Gasteiger partial charge on any atom is -0.229 e. The van der Waals surface area contributed by atoms with Crippen LogP contribution in [0.25, 0.3) is 0 Å². The van der Waals surface area contributed by atoms with Crippen molar-refractivity contribution in [2.24, 2.45) is 0 Å². The summed E-state index contributed by atoms with van der Waals surface area (Å²) in [6.45, 7) is 0. The lowest BCUT2D eigenvalue weighted by molar-refractivity contribution is 0.600. The lowest BCUT2D eigenvalue weighted by Gasteiger charge is -1.81. The highest BCUT2D eigenvalue weighted by molar-refractivity contribution is 7.92. The van der Waals surface area contributed by atoms with Gasteiger partial charge in [-0.25, -0.2) is 25.3 Å². The Morgan fingerprint density at radius 3 is 0.524 bits per heavy atom. The molecule has 0 unspecified atom stereocenters. The van der Waals surface area contributed by atoms with Crippen LogP contribution in [0.5, 0.6) is 0 Å². The van der Waals surface area contributed by atoms with Crippen LogP contribution in [0, 0.1) is 0 Å². The Bertz CT molecular complexity index is 490. The summed E-state index contributed by atoms with van der Waals surface area (Å²) in [5, 5.41) is 0. The molecule has 0 radical (unpaired) electrons. The Labute approximate surface area is 128 Å². The summed E-state index contributed by atoms with van der Waals surface area (Å²) in [6, 6.07) is 0. The molecule has 9 heteroatoms. The first-order valence-electron chi connectivity index (χ1n) is 7.23. The van der Waals surface area contributed by atoms with Gasteiger partial charge in [-0.2, -0.15) is 0 Å². The minimum absolute atomic E-state index is 0.424. The van der Waals surface area contributed by atoms with Crippen molar-refractivity contribution in [1.29, 1.82) is 0 Å². The van der Waals surface area contributed by atoms with Gasteiger partial charge >= 0.3 is 0 Å². The number of sulfone groups is 3. The van der Waals surface area contributed by atoms with Crippen LogP contribution in [0.1, 0.15) is 38.5 Å². The van der Waals surface area contributed by atoms with Crippen LogP contribution >= 0.6 is 0 Å². The Balaban J connectivity index is 0.000000157. The molecule has 0 spiro atoms. The van der Waals surface area contributed by atoms with Gasteiger partial charge in [0.2, 0.25) is 0 Å². The maximum atomic E-state index is 10.4. The van der Waals surface area contributed by atoms with E-state index in [1.807, 2.05) is 0 Å². The molecule has 3 aliphatic rings. The third-order valence-corrected chi connectivity index (χ3v) is 8.95. The monoisotopic (exact) mass is 360 g/mol. The maximum absolute atomic E-state index is 10.4. The highest BCUT2D eigenvalue weighted by atomic mass is 32.2. The molecule has 0 aromatic carbocycles. The van der Waals surface area contributed by atoms with Gasteiger partial charge in [0.05, 0.1) is 34.5 Å². The van der Waals surface area contributed by atoms with Crippen LogP contribution in [-0.4, -0.2) is 59.8 Å². The molecular weight excluding hydrogens is 336 g/mol. The molecule has 0 saturated carbocycles. The zero-order valence-corrected chi connectivity index (χ0v) is 14.6. The zero-order chi connectivity index (χ0) is 16.0. The van der Waals surface area contributed by atoms with Crippen LogP contribution in [-0.2, 0) is 29.5 Å². The first-order chi connectivity index (χ1) is 9.62. The molecule has 0 aliphatic carbocycles. The van der Waals surface area contributed by atoms with Gasteiger partial charge in [-0.15, -0.1) is 0 Å². The highest BCUT2D eigenvalue weighted by Crippen LogP contribution is 2.09. The normalized spacial score (nSPS) is 28.0. The Morgan fingerprint density at radius 1 is 0.333 bits per heavy atom. The smallest absolute Gasteiger partial charge is 0.150 e. The molecule has 0 amide bonds. The van der Waals surface area contributed by atoms with E-state index >= 15 is 0 Å². The van der Waals surface area contributed by atoms with Gasteiger partial charge in [-0.3, -0.25) is 0 Å². The minimum atomic E-state index is -2.55. The maximum Gasteiger partial charge on any atom is 0.150 e. The van der Waals surface area contributed by atoms with Crippen LogP contribution in [0.2, 0.25) is 0 Å². The Hall–Kier alpha value is -0.150. The SMILES string of the molecule is O=S1(=O)CCCC1.O=S1(=O)CCCC1.O=S1(=O)CCCC1. The van der Waals surface area contributed by atoms with E-state index < -0.39 is 29.5 Å². The van der Waals surface area contributed by atoms with E-state index in [1.165, 1.54) is 0 Å². The van der Waals surface area contributed by atoms with Gasteiger partial charge in [0, 0.05) is 0 Å². The second kappa shape index (κ2) is 7.92. The van der Waals surface area contributed by atoms with E-state index in [1.54, 1.807) is 0 Å². The summed E-state index contributed by atoms with van der Waals surface area (Å²) >= 11 is 0.